The number of likely N-dealkylation sites (N-methyl/N-ethyl adjacent to an activating group) is 1. The normalized spacial score (nSPS) is 16.0. The van der Waals surface area contributed by atoms with Crippen molar-refractivity contribution in [1.29, 1.82) is 0 Å². The lowest BCUT2D eigenvalue weighted by Gasteiger charge is -2.34. The van der Waals surface area contributed by atoms with E-state index >= 15 is 0 Å². The number of rotatable bonds is 9. The third kappa shape index (κ3) is 6.61. The maximum absolute atomic E-state index is 12.0. The standard InChI is InChI=1S/C20H28N4O3S2/c1-2-23-9-11-24(12-10-23)16-18-7-5-17(6-8-18)14-21-19(25)15-22-29(26,27)20-4-3-13-28-20/h3-8,13,22H,2,9-12,14-16H2,1H3,(H,21,25). The maximum atomic E-state index is 12.0. The van der Waals surface area contributed by atoms with Crippen molar-refractivity contribution in [1.82, 2.24) is 19.8 Å². The van der Waals surface area contributed by atoms with Crippen LogP contribution in [0.2, 0.25) is 0 Å². The van der Waals surface area contributed by atoms with Gasteiger partial charge >= 0.3 is 0 Å². The molecular weight excluding hydrogens is 408 g/mol. The molecule has 0 unspecified atom stereocenters. The summed E-state index contributed by atoms with van der Waals surface area (Å²) in [6.45, 7) is 8.77. The van der Waals surface area contributed by atoms with Crippen LogP contribution in [0.15, 0.2) is 46.0 Å². The van der Waals surface area contributed by atoms with Crippen molar-refractivity contribution in [2.45, 2.75) is 24.2 Å². The Kier molecular flexibility index (Phi) is 7.79. The minimum Gasteiger partial charge on any atom is -0.351 e. The molecule has 2 N–H and O–H groups in total. The van der Waals surface area contributed by atoms with Gasteiger partial charge in [0.25, 0.3) is 10.0 Å². The van der Waals surface area contributed by atoms with Crippen LogP contribution in [0.4, 0.5) is 0 Å². The van der Waals surface area contributed by atoms with E-state index in [-0.39, 0.29) is 16.7 Å². The van der Waals surface area contributed by atoms with E-state index in [0.717, 1.165) is 56.2 Å². The number of hydrogen-bond acceptors (Lipinski definition) is 6. The van der Waals surface area contributed by atoms with E-state index in [1.54, 1.807) is 11.4 Å². The van der Waals surface area contributed by atoms with Gasteiger partial charge in [0, 0.05) is 39.3 Å². The molecule has 0 radical (unpaired) electrons. The lowest BCUT2D eigenvalue weighted by atomic mass is 10.1. The van der Waals surface area contributed by atoms with Gasteiger partial charge in [-0.1, -0.05) is 37.3 Å². The number of benzene rings is 1. The third-order valence-corrected chi connectivity index (χ3v) is 7.81. The molecule has 29 heavy (non-hydrogen) atoms. The predicted octanol–water partition coefficient (Wildman–Crippen LogP) is 1.48. The SMILES string of the molecule is CCN1CCN(Cc2ccc(CNC(=O)CNS(=O)(=O)c3cccs3)cc2)CC1. The van der Waals surface area contributed by atoms with Crippen LogP contribution in [-0.4, -0.2) is 63.4 Å². The van der Waals surface area contributed by atoms with E-state index in [4.69, 9.17) is 0 Å². The van der Waals surface area contributed by atoms with Crippen LogP contribution < -0.4 is 10.0 Å². The van der Waals surface area contributed by atoms with Gasteiger partial charge in [-0.05, 0) is 29.1 Å². The molecule has 3 rings (SSSR count). The molecule has 0 spiro atoms. The summed E-state index contributed by atoms with van der Waals surface area (Å²) in [7, 11) is -3.62. The minimum absolute atomic E-state index is 0.206. The average molecular weight is 437 g/mol. The zero-order valence-corrected chi connectivity index (χ0v) is 18.3. The smallest absolute Gasteiger partial charge is 0.250 e. The van der Waals surface area contributed by atoms with Gasteiger partial charge in [-0.25, -0.2) is 13.1 Å². The molecule has 0 atom stereocenters. The van der Waals surface area contributed by atoms with Gasteiger partial charge in [0.1, 0.15) is 4.21 Å². The first-order chi connectivity index (χ1) is 14.0. The summed E-state index contributed by atoms with van der Waals surface area (Å²) in [5.74, 6) is -0.358. The summed E-state index contributed by atoms with van der Waals surface area (Å²) in [4.78, 5) is 16.9. The van der Waals surface area contributed by atoms with E-state index in [9.17, 15) is 13.2 Å². The number of amides is 1. The van der Waals surface area contributed by atoms with E-state index in [1.165, 1.54) is 11.6 Å². The fourth-order valence-corrected chi connectivity index (χ4v) is 5.22. The molecule has 1 fully saturated rings. The van der Waals surface area contributed by atoms with Crippen LogP contribution in [0.5, 0.6) is 0 Å². The van der Waals surface area contributed by atoms with Gasteiger partial charge < -0.3 is 10.2 Å². The molecule has 1 aromatic heterocycles. The molecule has 2 heterocycles. The van der Waals surface area contributed by atoms with Crippen LogP contribution >= 0.6 is 11.3 Å². The lowest BCUT2D eigenvalue weighted by Crippen LogP contribution is -2.45. The van der Waals surface area contributed by atoms with E-state index in [1.807, 2.05) is 12.1 Å². The third-order valence-electron chi connectivity index (χ3n) is 5.01. The summed E-state index contributed by atoms with van der Waals surface area (Å²) in [5.41, 5.74) is 2.24. The molecule has 1 saturated heterocycles. The number of carbonyl (C=O) groups excluding carboxylic acids is 1. The van der Waals surface area contributed by atoms with Crippen LogP contribution in [0, 0.1) is 0 Å². The van der Waals surface area contributed by atoms with Gasteiger partial charge in [0.2, 0.25) is 5.91 Å². The van der Waals surface area contributed by atoms with Crippen molar-refractivity contribution in [3.63, 3.8) is 0 Å². The molecular formula is C20H28N4O3S2. The molecule has 0 bridgehead atoms. The summed E-state index contributed by atoms with van der Waals surface area (Å²) >= 11 is 1.12. The highest BCUT2D eigenvalue weighted by Gasteiger charge is 2.17. The molecule has 0 aliphatic carbocycles. The van der Waals surface area contributed by atoms with Crippen molar-refractivity contribution in [2.24, 2.45) is 0 Å². The number of nitrogens with one attached hydrogen (secondary N) is 2. The Morgan fingerprint density at radius 1 is 1.03 bits per heavy atom. The first-order valence-electron chi connectivity index (χ1n) is 9.78. The molecule has 2 aromatic rings. The number of sulfonamides is 1. The van der Waals surface area contributed by atoms with Crippen molar-refractivity contribution >= 4 is 27.3 Å². The van der Waals surface area contributed by atoms with E-state index < -0.39 is 10.0 Å². The highest BCUT2D eigenvalue weighted by Crippen LogP contribution is 2.15. The fourth-order valence-electron chi connectivity index (χ4n) is 3.20. The Labute approximate surface area is 176 Å². The maximum Gasteiger partial charge on any atom is 0.250 e. The van der Waals surface area contributed by atoms with Crippen LogP contribution in [-0.2, 0) is 27.9 Å². The Morgan fingerprint density at radius 2 is 1.69 bits per heavy atom. The second-order valence-corrected chi connectivity index (χ2v) is 10.0. The molecule has 1 aliphatic heterocycles. The Hall–Kier alpha value is -1.78. The highest BCUT2D eigenvalue weighted by atomic mass is 32.2. The molecule has 158 valence electrons. The zero-order valence-electron chi connectivity index (χ0n) is 16.6. The van der Waals surface area contributed by atoms with Crippen molar-refractivity contribution in [3.05, 3.63) is 52.9 Å². The monoisotopic (exact) mass is 436 g/mol. The van der Waals surface area contributed by atoms with E-state index in [2.05, 4.69) is 38.9 Å². The van der Waals surface area contributed by atoms with Crippen LogP contribution in [0.25, 0.3) is 0 Å². The summed E-state index contributed by atoms with van der Waals surface area (Å²) < 4.78 is 26.6. The molecule has 1 amide bonds. The second-order valence-electron chi connectivity index (χ2n) is 7.06. The van der Waals surface area contributed by atoms with Gasteiger partial charge in [0.15, 0.2) is 0 Å². The summed E-state index contributed by atoms with van der Waals surface area (Å²) in [6.07, 6.45) is 0. The molecule has 7 nitrogen and oxygen atoms in total. The Balaban J connectivity index is 1.40. The summed E-state index contributed by atoms with van der Waals surface area (Å²) in [5, 5.41) is 4.43. The molecule has 1 aromatic carbocycles. The van der Waals surface area contributed by atoms with Crippen molar-refractivity contribution < 1.29 is 13.2 Å². The fraction of sp³-hybridized carbons (Fsp3) is 0.450. The van der Waals surface area contributed by atoms with E-state index in [0.29, 0.717) is 6.54 Å². The Morgan fingerprint density at radius 3 is 2.31 bits per heavy atom. The van der Waals surface area contributed by atoms with Crippen LogP contribution in [0.3, 0.4) is 0 Å². The topological polar surface area (TPSA) is 81.8 Å². The van der Waals surface area contributed by atoms with Gasteiger partial charge in [-0.15, -0.1) is 11.3 Å². The number of piperazine rings is 1. The van der Waals surface area contributed by atoms with Crippen molar-refractivity contribution in [3.8, 4) is 0 Å². The Bertz CT molecular complexity index is 875. The highest BCUT2D eigenvalue weighted by molar-refractivity contribution is 7.91. The minimum atomic E-state index is -3.62. The molecule has 0 saturated carbocycles. The summed E-state index contributed by atoms with van der Waals surface area (Å²) in [6, 6.07) is 11.4. The first-order valence-corrected chi connectivity index (χ1v) is 12.1. The second kappa shape index (κ2) is 10.3. The average Bonchev–Trinajstić information content (AvgIpc) is 3.28. The molecule has 9 heteroatoms. The number of carbonyl (C=O) groups is 1. The largest absolute Gasteiger partial charge is 0.351 e. The van der Waals surface area contributed by atoms with Gasteiger partial charge in [-0.2, -0.15) is 0 Å². The number of hydrogen-bond donors (Lipinski definition) is 2. The number of thiophene rings is 1. The van der Waals surface area contributed by atoms with Crippen LogP contribution in [0.1, 0.15) is 18.1 Å². The quantitative estimate of drug-likeness (QED) is 0.622. The molecule has 1 aliphatic rings. The number of nitrogens with zero attached hydrogens (tertiary/aromatic N) is 2. The van der Waals surface area contributed by atoms with Crippen molar-refractivity contribution in [2.75, 3.05) is 39.3 Å². The van der Waals surface area contributed by atoms with Gasteiger partial charge in [0.05, 0.1) is 6.54 Å². The van der Waals surface area contributed by atoms with Gasteiger partial charge in [-0.3, -0.25) is 9.69 Å². The lowest BCUT2D eigenvalue weighted by molar-refractivity contribution is -0.120. The zero-order chi connectivity index (χ0) is 20.7. The predicted molar refractivity (Wildman–Crippen MR) is 115 cm³/mol. The first kappa shape index (κ1) is 21.9.